The molecule has 0 saturated carbocycles. The lowest BCUT2D eigenvalue weighted by atomic mass is 10.0. The van der Waals surface area contributed by atoms with Crippen LogP contribution in [0.4, 0.5) is 0 Å². The summed E-state index contributed by atoms with van der Waals surface area (Å²) in [6.07, 6.45) is 6.82. The van der Waals surface area contributed by atoms with E-state index in [0.717, 1.165) is 0 Å². The number of carbonyl (C=O) groups excluding carboxylic acids is 1. The topological polar surface area (TPSA) is 63.3 Å². The zero-order valence-corrected chi connectivity index (χ0v) is 7.15. The van der Waals surface area contributed by atoms with Gasteiger partial charge in [-0.1, -0.05) is 5.92 Å². The second kappa shape index (κ2) is 3.42. The molecule has 0 aromatic carbocycles. The van der Waals surface area contributed by atoms with Crippen molar-refractivity contribution < 1.29 is 14.3 Å². The van der Waals surface area contributed by atoms with Gasteiger partial charge in [-0.3, -0.25) is 0 Å². The largest absolute Gasteiger partial charge is 0.442 e. The van der Waals surface area contributed by atoms with Gasteiger partial charge in [0.2, 0.25) is 11.5 Å². The van der Waals surface area contributed by atoms with Gasteiger partial charge >= 0.3 is 0 Å². The van der Waals surface area contributed by atoms with Crippen LogP contribution in [-0.4, -0.2) is 16.4 Å². The molecule has 0 aliphatic heterocycles. The standard InChI is InChI=1S/C9H9NO3/c1-3-9(12,4-5-11)8-10-6-7(2)13-8/h1,5-6,12H,4H2,2H3. The number of oxazole rings is 1. The van der Waals surface area contributed by atoms with E-state index in [4.69, 9.17) is 10.8 Å². The molecule has 1 heterocycles. The highest BCUT2D eigenvalue weighted by Crippen LogP contribution is 2.22. The van der Waals surface area contributed by atoms with Gasteiger partial charge in [-0.05, 0) is 6.92 Å². The Hall–Kier alpha value is -1.60. The van der Waals surface area contributed by atoms with Crippen molar-refractivity contribution in [2.24, 2.45) is 0 Å². The average molecular weight is 179 g/mol. The van der Waals surface area contributed by atoms with Gasteiger partial charge in [0.25, 0.3) is 0 Å². The number of carbonyl (C=O) groups is 1. The Balaban J connectivity index is 3.03. The summed E-state index contributed by atoms with van der Waals surface area (Å²) in [5.74, 6) is 2.60. The number of nitrogens with zero attached hydrogens (tertiary/aromatic N) is 1. The van der Waals surface area contributed by atoms with E-state index in [0.29, 0.717) is 12.0 Å². The molecular formula is C9H9NO3. The van der Waals surface area contributed by atoms with E-state index in [1.807, 2.05) is 0 Å². The van der Waals surface area contributed by atoms with Crippen LogP contribution in [0.3, 0.4) is 0 Å². The quantitative estimate of drug-likeness (QED) is 0.538. The summed E-state index contributed by atoms with van der Waals surface area (Å²) < 4.78 is 5.03. The average Bonchev–Trinajstić information content (AvgIpc) is 2.52. The zero-order chi connectivity index (χ0) is 9.90. The van der Waals surface area contributed by atoms with Crippen molar-refractivity contribution in [2.75, 3.05) is 0 Å². The van der Waals surface area contributed by atoms with Crippen molar-refractivity contribution in [3.63, 3.8) is 0 Å². The molecule has 0 spiro atoms. The Morgan fingerprint density at radius 1 is 1.92 bits per heavy atom. The Morgan fingerprint density at radius 2 is 2.62 bits per heavy atom. The summed E-state index contributed by atoms with van der Waals surface area (Å²) in [6, 6.07) is 0. The maximum absolute atomic E-state index is 10.2. The van der Waals surface area contributed by atoms with Gasteiger partial charge in [-0.15, -0.1) is 6.42 Å². The second-order valence-electron chi connectivity index (χ2n) is 2.65. The molecule has 0 amide bonds. The van der Waals surface area contributed by atoms with E-state index < -0.39 is 5.60 Å². The lowest BCUT2D eigenvalue weighted by Gasteiger charge is -2.13. The van der Waals surface area contributed by atoms with E-state index in [1.165, 1.54) is 6.20 Å². The molecule has 4 nitrogen and oxygen atoms in total. The predicted molar refractivity (Wildman–Crippen MR) is 44.7 cm³/mol. The summed E-state index contributed by atoms with van der Waals surface area (Å²) in [7, 11) is 0. The van der Waals surface area contributed by atoms with E-state index in [2.05, 4.69) is 10.9 Å². The highest BCUT2D eigenvalue weighted by molar-refractivity contribution is 5.53. The monoisotopic (exact) mass is 179 g/mol. The zero-order valence-electron chi connectivity index (χ0n) is 7.15. The molecular weight excluding hydrogens is 170 g/mol. The molecule has 68 valence electrons. The Labute approximate surface area is 75.6 Å². The fourth-order valence-corrected chi connectivity index (χ4v) is 0.875. The first-order valence-electron chi connectivity index (χ1n) is 3.69. The SMILES string of the molecule is C#CC(O)(CC=O)c1ncc(C)o1. The van der Waals surface area contributed by atoms with Crippen LogP contribution in [-0.2, 0) is 10.4 Å². The molecule has 0 bridgehead atoms. The number of aryl methyl sites for hydroxylation is 1. The van der Waals surface area contributed by atoms with E-state index in [1.54, 1.807) is 6.92 Å². The molecule has 0 fully saturated rings. The molecule has 1 unspecified atom stereocenters. The van der Waals surface area contributed by atoms with Crippen molar-refractivity contribution in [1.82, 2.24) is 4.98 Å². The highest BCUT2D eigenvalue weighted by Gasteiger charge is 2.31. The third-order valence-corrected chi connectivity index (χ3v) is 1.59. The predicted octanol–water partition coefficient (Wildman–Crippen LogP) is 0.393. The van der Waals surface area contributed by atoms with Gasteiger partial charge in [0.1, 0.15) is 12.0 Å². The molecule has 1 aromatic heterocycles. The van der Waals surface area contributed by atoms with Gasteiger partial charge in [0.05, 0.1) is 12.6 Å². The molecule has 1 aromatic rings. The van der Waals surface area contributed by atoms with Crippen LogP contribution >= 0.6 is 0 Å². The number of hydrogen-bond donors (Lipinski definition) is 1. The minimum absolute atomic E-state index is 0.0143. The first-order chi connectivity index (χ1) is 6.12. The van der Waals surface area contributed by atoms with Crippen LogP contribution in [0.15, 0.2) is 10.6 Å². The molecule has 0 radical (unpaired) electrons. The molecule has 1 atom stereocenters. The lowest BCUT2D eigenvalue weighted by Crippen LogP contribution is -2.24. The third kappa shape index (κ3) is 1.76. The molecule has 0 aliphatic carbocycles. The third-order valence-electron chi connectivity index (χ3n) is 1.59. The number of aldehydes is 1. The highest BCUT2D eigenvalue weighted by atomic mass is 16.4. The van der Waals surface area contributed by atoms with Crippen LogP contribution in [0.5, 0.6) is 0 Å². The number of terminal acetylenes is 1. The van der Waals surface area contributed by atoms with E-state index in [9.17, 15) is 9.90 Å². The summed E-state index contributed by atoms with van der Waals surface area (Å²) in [5, 5.41) is 9.68. The summed E-state index contributed by atoms with van der Waals surface area (Å²) >= 11 is 0. The van der Waals surface area contributed by atoms with Crippen LogP contribution in [0.25, 0.3) is 0 Å². The smallest absolute Gasteiger partial charge is 0.239 e. The van der Waals surface area contributed by atoms with Crippen molar-refractivity contribution >= 4 is 6.29 Å². The first-order valence-corrected chi connectivity index (χ1v) is 3.69. The summed E-state index contributed by atoms with van der Waals surface area (Å²) in [6.45, 7) is 1.67. The van der Waals surface area contributed by atoms with Gasteiger partial charge in [0, 0.05) is 0 Å². The minimum atomic E-state index is -1.71. The first kappa shape index (κ1) is 9.49. The molecule has 4 heteroatoms. The van der Waals surface area contributed by atoms with Gasteiger partial charge in [-0.25, -0.2) is 4.98 Å². The number of aliphatic hydroxyl groups is 1. The summed E-state index contributed by atoms with van der Waals surface area (Å²) in [5.41, 5.74) is -1.71. The van der Waals surface area contributed by atoms with Gasteiger partial charge < -0.3 is 14.3 Å². The van der Waals surface area contributed by atoms with Crippen LogP contribution < -0.4 is 0 Å². The van der Waals surface area contributed by atoms with Crippen molar-refractivity contribution in [3.8, 4) is 12.3 Å². The maximum atomic E-state index is 10.2. The van der Waals surface area contributed by atoms with Gasteiger partial charge in [0.15, 0.2) is 0 Å². The molecule has 1 rings (SSSR count). The normalized spacial score (nSPS) is 14.5. The van der Waals surface area contributed by atoms with Crippen molar-refractivity contribution in [3.05, 3.63) is 17.8 Å². The van der Waals surface area contributed by atoms with E-state index >= 15 is 0 Å². The van der Waals surface area contributed by atoms with Crippen molar-refractivity contribution in [2.45, 2.75) is 18.9 Å². The number of hydrogen-bond acceptors (Lipinski definition) is 4. The molecule has 13 heavy (non-hydrogen) atoms. The number of aromatic nitrogens is 1. The van der Waals surface area contributed by atoms with Crippen molar-refractivity contribution in [1.29, 1.82) is 0 Å². The Morgan fingerprint density at radius 3 is 3.00 bits per heavy atom. The summed E-state index contributed by atoms with van der Waals surface area (Å²) in [4.78, 5) is 14.0. The lowest BCUT2D eigenvalue weighted by molar-refractivity contribution is -0.111. The Bertz CT molecular complexity index is 350. The molecule has 0 saturated heterocycles. The Kier molecular flexibility index (Phi) is 2.49. The van der Waals surface area contributed by atoms with E-state index in [-0.39, 0.29) is 12.3 Å². The van der Waals surface area contributed by atoms with Crippen LogP contribution in [0.1, 0.15) is 18.1 Å². The minimum Gasteiger partial charge on any atom is -0.442 e. The number of rotatable bonds is 3. The molecule has 1 N–H and O–H groups in total. The molecule has 0 aliphatic rings. The van der Waals surface area contributed by atoms with Gasteiger partial charge in [-0.2, -0.15) is 0 Å². The maximum Gasteiger partial charge on any atom is 0.239 e. The van der Waals surface area contributed by atoms with Crippen LogP contribution in [0, 0.1) is 19.3 Å². The van der Waals surface area contributed by atoms with Crippen LogP contribution in [0.2, 0.25) is 0 Å². The fraction of sp³-hybridized carbons (Fsp3) is 0.333. The second-order valence-corrected chi connectivity index (χ2v) is 2.65. The fourth-order valence-electron chi connectivity index (χ4n) is 0.875.